The average molecular weight is 406 g/mol. The van der Waals surface area contributed by atoms with Gasteiger partial charge in [-0.15, -0.1) is 0 Å². The Bertz CT molecular complexity index is 929. The molecule has 3 rings (SSSR count). The molecule has 1 aliphatic rings. The quantitative estimate of drug-likeness (QED) is 0.787. The molecule has 0 spiro atoms. The monoisotopic (exact) mass is 405 g/mol. The molecule has 148 valence electrons. The molecule has 0 bridgehead atoms. The van der Waals surface area contributed by atoms with Crippen molar-refractivity contribution in [1.82, 2.24) is 4.90 Å². The Balaban J connectivity index is 1.94. The van der Waals surface area contributed by atoms with Crippen LogP contribution in [0.5, 0.6) is 5.75 Å². The zero-order chi connectivity index (χ0) is 20.5. The molecule has 0 aromatic heterocycles. The normalized spacial score (nSPS) is 15.5. The largest absolute Gasteiger partial charge is 0.481 e. The number of carbonyl (C=O) groups is 2. The molecule has 1 saturated heterocycles. The van der Waals surface area contributed by atoms with Crippen molar-refractivity contribution in [2.45, 2.75) is 32.2 Å². The Morgan fingerprint density at radius 3 is 2.61 bits per heavy atom. The lowest BCUT2D eigenvalue weighted by atomic mass is 9.99. The van der Waals surface area contributed by atoms with Crippen molar-refractivity contribution >= 4 is 23.5 Å². The van der Waals surface area contributed by atoms with Crippen molar-refractivity contribution in [3.8, 4) is 16.9 Å². The van der Waals surface area contributed by atoms with Gasteiger partial charge < -0.3 is 14.7 Å². The van der Waals surface area contributed by atoms with Gasteiger partial charge in [-0.3, -0.25) is 4.79 Å². The van der Waals surface area contributed by atoms with Crippen molar-refractivity contribution in [2.75, 3.05) is 13.2 Å². The number of carboxylic acid groups (broad SMARTS) is 1. The van der Waals surface area contributed by atoms with Crippen LogP contribution in [0.25, 0.3) is 11.1 Å². The van der Waals surface area contributed by atoms with E-state index < -0.39 is 18.4 Å². The predicted molar refractivity (Wildman–Crippen MR) is 104 cm³/mol. The third kappa shape index (κ3) is 4.12. The molecule has 2 aromatic carbocycles. The maximum Gasteiger partial charge on any atom is 0.341 e. The molecular weight excluding hydrogens is 385 g/mol. The van der Waals surface area contributed by atoms with Crippen LogP contribution in [0.4, 0.5) is 4.39 Å². The number of amides is 1. The number of benzene rings is 2. The van der Waals surface area contributed by atoms with E-state index in [1.807, 2.05) is 18.7 Å². The highest BCUT2D eigenvalue weighted by Gasteiger charge is 2.36. The summed E-state index contributed by atoms with van der Waals surface area (Å²) in [5.41, 5.74) is 1.05. The van der Waals surface area contributed by atoms with Gasteiger partial charge in [-0.2, -0.15) is 0 Å². The molecule has 1 heterocycles. The summed E-state index contributed by atoms with van der Waals surface area (Å²) in [5.74, 6) is -1.55. The van der Waals surface area contributed by atoms with Crippen molar-refractivity contribution in [3.63, 3.8) is 0 Å². The first-order chi connectivity index (χ1) is 13.2. The Hall–Kier alpha value is -2.60. The fourth-order valence-corrected chi connectivity index (χ4v) is 3.74. The second-order valence-electron chi connectivity index (χ2n) is 7.39. The number of rotatable bonds is 5. The van der Waals surface area contributed by atoms with Crippen LogP contribution in [0.3, 0.4) is 0 Å². The van der Waals surface area contributed by atoms with Gasteiger partial charge in [0.25, 0.3) is 5.91 Å². The van der Waals surface area contributed by atoms with Gasteiger partial charge in [0.1, 0.15) is 11.6 Å². The fraction of sp³-hybridized carbons (Fsp3) is 0.333. The lowest BCUT2D eigenvalue weighted by Gasteiger charge is -2.32. The molecule has 0 unspecified atom stereocenters. The van der Waals surface area contributed by atoms with E-state index in [9.17, 15) is 14.0 Å². The molecule has 5 nitrogen and oxygen atoms in total. The van der Waals surface area contributed by atoms with Crippen LogP contribution in [0.2, 0.25) is 5.02 Å². The number of carbonyl (C=O) groups excluding carboxylic acids is 1. The predicted octanol–water partition coefficient (Wildman–Crippen LogP) is 4.62. The lowest BCUT2D eigenvalue weighted by molar-refractivity contribution is -0.139. The van der Waals surface area contributed by atoms with E-state index in [0.29, 0.717) is 23.2 Å². The first-order valence-corrected chi connectivity index (χ1v) is 9.33. The molecule has 28 heavy (non-hydrogen) atoms. The summed E-state index contributed by atoms with van der Waals surface area (Å²) in [5, 5.41) is 9.06. The van der Waals surface area contributed by atoms with Crippen molar-refractivity contribution in [3.05, 3.63) is 52.8 Å². The molecule has 0 aliphatic carbocycles. The minimum atomic E-state index is -1.14. The van der Waals surface area contributed by atoms with E-state index in [2.05, 4.69) is 0 Å². The van der Waals surface area contributed by atoms with Gasteiger partial charge in [0.2, 0.25) is 0 Å². The van der Waals surface area contributed by atoms with Crippen molar-refractivity contribution in [1.29, 1.82) is 0 Å². The molecule has 0 radical (unpaired) electrons. The maximum absolute atomic E-state index is 13.8. The standard InChI is InChI=1S/C21H21ClFNO4/c1-21(2)8-3-9-24(21)20(27)15-6-4-13(10-17(15)22)16-11-14(23)5-7-18(16)28-12-19(25)26/h4-7,10-11H,3,8-9,12H2,1-2H3,(H,25,26). The van der Waals surface area contributed by atoms with Gasteiger partial charge in [0.05, 0.1) is 10.6 Å². The van der Waals surface area contributed by atoms with Crippen LogP contribution >= 0.6 is 11.6 Å². The molecule has 7 heteroatoms. The Labute approximate surface area is 167 Å². The number of nitrogens with zero attached hydrogens (tertiary/aromatic N) is 1. The minimum Gasteiger partial charge on any atom is -0.481 e. The zero-order valence-corrected chi connectivity index (χ0v) is 16.4. The second-order valence-corrected chi connectivity index (χ2v) is 7.80. The lowest BCUT2D eigenvalue weighted by Crippen LogP contribution is -2.42. The van der Waals surface area contributed by atoms with E-state index in [-0.39, 0.29) is 22.2 Å². The smallest absolute Gasteiger partial charge is 0.341 e. The molecule has 1 N–H and O–H groups in total. The first-order valence-electron chi connectivity index (χ1n) is 8.95. The highest BCUT2D eigenvalue weighted by molar-refractivity contribution is 6.34. The summed E-state index contributed by atoms with van der Waals surface area (Å²) in [6.45, 7) is 4.19. The summed E-state index contributed by atoms with van der Waals surface area (Å²) in [6.07, 6.45) is 1.88. The molecular formula is C21H21ClFNO4. The van der Waals surface area contributed by atoms with E-state index in [1.54, 1.807) is 18.2 Å². The number of likely N-dealkylation sites (tertiary alicyclic amines) is 1. The summed E-state index contributed by atoms with van der Waals surface area (Å²) in [7, 11) is 0. The van der Waals surface area contributed by atoms with Gasteiger partial charge >= 0.3 is 5.97 Å². The molecule has 0 saturated carbocycles. The molecule has 1 amide bonds. The number of halogens is 2. The number of ether oxygens (including phenoxy) is 1. The first kappa shape index (κ1) is 20.1. The summed E-state index contributed by atoms with van der Waals surface area (Å²) < 4.78 is 19.0. The van der Waals surface area contributed by atoms with Crippen LogP contribution in [0, 0.1) is 5.82 Å². The molecule has 1 aliphatic heterocycles. The van der Waals surface area contributed by atoms with Crippen LogP contribution in [0.15, 0.2) is 36.4 Å². The van der Waals surface area contributed by atoms with Gasteiger partial charge in [0, 0.05) is 17.6 Å². The van der Waals surface area contributed by atoms with E-state index in [1.165, 1.54) is 18.2 Å². The van der Waals surface area contributed by atoms with Gasteiger partial charge in [-0.25, -0.2) is 9.18 Å². The van der Waals surface area contributed by atoms with Crippen LogP contribution < -0.4 is 4.74 Å². The molecule has 1 fully saturated rings. The van der Waals surface area contributed by atoms with E-state index in [4.69, 9.17) is 21.4 Å². The van der Waals surface area contributed by atoms with Crippen molar-refractivity contribution < 1.29 is 23.8 Å². The third-order valence-corrected chi connectivity index (χ3v) is 5.26. The van der Waals surface area contributed by atoms with Gasteiger partial charge in [-0.1, -0.05) is 17.7 Å². The van der Waals surface area contributed by atoms with Crippen LogP contribution in [-0.2, 0) is 4.79 Å². The number of hydrogen-bond acceptors (Lipinski definition) is 3. The van der Waals surface area contributed by atoms with Gasteiger partial charge in [0.15, 0.2) is 6.61 Å². The Kier molecular flexibility index (Phi) is 5.61. The zero-order valence-electron chi connectivity index (χ0n) is 15.7. The fourth-order valence-electron chi connectivity index (χ4n) is 3.48. The summed E-state index contributed by atoms with van der Waals surface area (Å²) >= 11 is 6.39. The minimum absolute atomic E-state index is 0.138. The number of hydrogen-bond donors (Lipinski definition) is 1. The topological polar surface area (TPSA) is 66.8 Å². The number of carboxylic acids is 1. The second kappa shape index (κ2) is 7.80. The van der Waals surface area contributed by atoms with Crippen LogP contribution in [0.1, 0.15) is 37.0 Å². The highest BCUT2D eigenvalue weighted by Crippen LogP contribution is 2.35. The third-order valence-electron chi connectivity index (χ3n) is 4.95. The maximum atomic E-state index is 13.8. The highest BCUT2D eigenvalue weighted by atomic mass is 35.5. The van der Waals surface area contributed by atoms with Gasteiger partial charge in [-0.05, 0) is 62.6 Å². The number of aliphatic carboxylic acids is 1. The SMILES string of the molecule is CC1(C)CCCN1C(=O)c1ccc(-c2cc(F)ccc2OCC(=O)O)cc1Cl. The van der Waals surface area contributed by atoms with Crippen LogP contribution in [-0.4, -0.2) is 40.6 Å². The Morgan fingerprint density at radius 2 is 2.00 bits per heavy atom. The molecule has 2 aromatic rings. The summed E-state index contributed by atoms with van der Waals surface area (Å²) in [6, 6.07) is 8.64. The summed E-state index contributed by atoms with van der Waals surface area (Å²) in [4.78, 5) is 25.5. The molecule has 0 atom stereocenters. The van der Waals surface area contributed by atoms with Crippen molar-refractivity contribution in [2.24, 2.45) is 0 Å². The Morgan fingerprint density at radius 1 is 1.25 bits per heavy atom. The van der Waals surface area contributed by atoms with E-state index in [0.717, 1.165) is 12.8 Å². The van der Waals surface area contributed by atoms with E-state index >= 15 is 0 Å². The average Bonchev–Trinajstić information content (AvgIpc) is 2.99.